The summed E-state index contributed by atoms with van der Waals surface area (Å²) < 4.78 is 4.85. The number of nitrogens with one attached hydrogen (secondary N) is 1. The second-order valence-corrected chi connectivity index (χ2v) is 4.81. The molecular weight excluding hydrogens is 302 g/mol. The normalized spacial score (nSPS) is 11.3. The predicted octanol–water partition coefficient (Wildman–Crippen LogP) is 2.69. The molecule has 0 aromatic heterocycles. The molecule has 0 spiro atoms. The molecule has 0 saturated heterocycles. The molecule has 2 aromatic carbocycles. The Bertz CT molecular complexity index is 572. The second-order valence-electron chi connectivity index (χ2n) is 4.81. The highest BCUT2D eigenvalue weighted by atomic mass is 35.5. The number of carbonyl (C=O) groups is 1. The maximum Gasteiger partial charge on any atom is 0.323 e. The van der Waals surface area contributed by atoms with Crippen molar-refractivity contribution in [3.05, 3.63) is 65.7 Å². The number of benzene rings is 2. The van der Waals surface area contributed by atoms with Gasteiger partial charge in [-0.15, -0.1) is 12.4 Å². The molecule has 0 amide bonds. The van der Waals surface area contributed by atoms with E-state index in [1.54, 1.807) is 24.3 Å². The molecule has 0 aliphatic carbocycles. The zero-order valence-corrected chi connectivity index (χ0v) is 13.2. The minimum Gasteiger partial charge on any atom is -0.508 e. The molecule has 0 bridgehead atoms. The summed E-state index contributed by atoms with van der Waals surface area (Å²) >= 11 is 0. The highest BCUT2D eigenvalue weighted by Crippen LogP contribution is 2.12. The van der Waals surface area contributed by atoms with Crippen molar-refractivity contribution in [2.75, 3.05) is 7.11 Å². The Hall–Kier alpha value is -2.04. The summed E-state index contributed by atoms with van der Waals surface area (Å²) in [5.74, 6) is -0.0791. The van der Waals surface area contributed by atoms with Gasteiger partial charge in [0.25, 0.3) is 0 Å². The predicted molar refractivity (Wildman–Crippen MR) is 88.1 cm³/mol. The third-order valence-corrected chi connectivity index (χ3v) is 3.26. The largest absolute Gasteiger partial charge is 0.508 e. The lowest BCUT2D eigenvalue weighted by molar-refractivity contribution is -0.143. The van der Waals surface area contributed by atoms with Crippen molar-refractivity contribution in [3.63, 3.8) is 0 Å². The lowest BCUT2D eigenvalue weighted by atomic mass is 10.1. The number of carbonyl (C=O) groups excluding carboxylic acids is 1. The first kappa shape index (κ1) is 18.0. The first-order chi connectivity index (χ1) is 10.2. The van der Waals surface area contributed by atoms with Crippen molar-refractivity contribution >= 4 is 18.4 Å². The molecule has 0 unspecified atom stereocenters. The zero-order valence-electron chi connectivity index (χ0n) is 12.4. The number of halogens is 1. The Morgan fingerprint density at radius 2 is 1.73 bits per heavy atom. The number of ether oxygens (including phenoxy) is 1. The van der Waals surface area contributed by atoms with Gasteiger partial charge in [0.15, 0.2) is 0 Å². The van der Waals surface area contributed by atoms with Crippen molar-refractivity contribution in [2.45, 2.75) is 19.0 Å². The van der Waals surface area contributed by atoms with Gasteiger partial charge in [-0.1, -0.05) is 42.5 Å². The Kier molecular flexibility index (Phi) is 7.43. The number of methoxy groups -OCH3 is 1. The summed E-state index contributed by atoms with van der Waals surface area (Å²) in [6.45, 7) is 0.596. The monoisotopic (exact) mass is 321 g/mol. The van der Waals surface area contributed by atoms with Crippen LogP contribution in [0.5, 0.6) is 5.75 Å². The van der Waals surface area contributed by atoms with E-state index in [1.165, 1.54) is 7.11 Å². The Balaban J connectivity index is 0.00000242. The van der Waals surface area contributed by atoms with Crippen LogP contribution in [-0.4, -0.2) is 24.2 Å². The highest BCUT2D eigenvalue weighted by molar-refractivity contribution is 5.85. The number of phenolic OH excluding ortho intramolecular Hbond substituents is 1. The third-order valence-electron chi connectivity index (χ3n) is 3.26. The molecule has 5 heteroatoms. The van der Waals surface area contributed by atoms with Gasteiger partial charge in [0.05, 0.1) is 7.11 Å². The first-order valence-electron chi connectivity index (χ1n) is 6.82. The second kappa shape index (κ2) is 9.07. The van der Waals surface area contributed by atoms with Gasteiger partial charge in [-0.05, 0) is 29.7 Å². The number of aromatic hydroxyl groups is 1. The SMILES string of the molecule is COC(=O)[C@H](Cc1ccc(O)cc1)NCc1ccccc1.Cl. The Morgan fingerprint density at radius 3 is 2.32 bits per heavy atom. The quantitative estimate of drug-likeness (QED) is 0.803. The smallest absolute Gasteiger partial charge is 0.323 e. The van der Waals surface area contributed by atoms with Crippen LogP contribution in [0.4, 0.5) is 0 Å². The van der Waals surface area contributed by atoms with Crippen LogP contribution in [0.3, 0.4) is 0 Å². The fraction of sp³-hybridized carbons (Fsp3) is 0.235. The maximum absolute atomic E-state index is 11.9. The van der Waals surface area contributed by atoms with Crippen molar-refractivity contribution in [3.8, 4) is 5.75 Å². The number of rotatable bonds is 6. The summed E-state index contributed by atoms with van der Waals surface area (Å²) in [5.41, 5.74) is 2.07. The van der Waals surface area contributed by atoms with E-state index >= 15 is 0 Å². The molecule has 0 heterocycles. The molecule has 0 saturated carbocycles. The standard InChI is InChI=1S/C17H19NO3.ClH/c1-21-17(20)16(11-13-7-9-15(19)10-8-13)18-12-14-5-3-2-4-6-14;/h2-10,16,18-19H,11-12H2,1H3;1H/t16-;/m0./s1. The molecule has 0 radical (unpaired) electrons. The van der Waals surface area contributed by atoms with Crippen LogP contribution in [-0.2, 0) is 22.5 Å². The molecule has 1 atom stereocenters. The van der Waals surface area contributed by atoms with Gasteiger partial charge in [-0.25, -0.2) is 0 Å². The van der Waals surface area contributed by atoms with E-state index in [4.69, 9.17) is 4.74 Å². The number of hydrogen-bond donors (Lipinski definition) is 2. The van der Waals surface area contributed by atoms with Gasteiger partial charge < -0.3 is 15.2 Å². The lowest BCUT2D eigenvalue weighted by Gasteiger charge is -2.16. The number of hydrogen-bond acceptors (Lipinski definition) is 4. The van der Waals surface area contributed by atoms with Crippen LogP contribution < -0.4 is 5.32 Å². The lowest BCUT2D eigenvalue weighted by Crippen LogP contribution is -2.39. The van der Waals surface area contributed by atoms with E-state index in [2.05, 4.69) is 5.32 Å². The van der Waals surface area contributed by atoms with Crippen LogP contribution in [0.25, 0.3) is 0 Å². The summed E-state index contributed by atoms with van der Waals surface area (Å²) in [6, 6.07) is 16.3. The molecular formula is C17H20ClNO3. The van der Waals surface area contributed by atoms with Gasteiger partial charge >= 0.3 is 5.97 Å². The van der Waals surface area contributed by atoms with E-state index in [0.717, 1.165) is 11.1 Å². The molecule has 2 N–H and O–H groups in total. The number of phenols is 1. The molecule has 22 heavy (non-hydrogen) atoms. The summed E-state index contributed by atoms with van der Waals surface area (Å²) in [6.07, 6.45) is 0.514. The summed E-state index contributed by atoms with van der Waals surface area (Å²) in [5, 5.41) is 12.5. The molecule has 0 aliphatic rings. The average Bonchev–Trinajstić information content (AvgIpc) is 2.53. The van der Waals surface area contributed by atoms with Gasteiger partial charge in [-0.2, -0.15) is 0 Å². The average molecular weight is 322 g/mol. The van der Waals surface area contributed by atoms with E-state index in [0.29, 0.717) is 13.0 Å². The van der Waals surface area contributed by atoms with E-state index in [1.807, 2.05) is 30.3 Å². The summed E-state index contributed by atoms with van der Waals surface area (Å²) in [7, 11) is 1.39. The van der Waals surface area contributed by atoms with Crippen LogP contribution in [0.15, 0.2) is 54.6 Å². The minimum atomic E-state index is -0.417. The molecule has 2 aromatic rings. The van der Waals surface area contributed by atoms with E-state index < -0.39 is 6.04 Å². The van der Waals surface area contributed by atoms with Gasteiger partial charge in [0.2, 0.25) is 0 Å². The zero-order chi connectivity index (χ0) is 15.1. The fourth-order valence-electron chi connectivity index (χ4n) is 2.09. The van der Waals surface area contributed by atoms with Gasteiger partial charge in [-0.3, -0.25) is 4.79 Å². The molecule has 4 nitrogen and oxygen atoms in total. The third kappa shape index (κ3) is 5.39. The van der Waals surface area contributed by atoms with Crippen molar-refractivity contribution in [1.29, 1.82) is 0 Å². The first-order valence-corrected chi connectivity index (χ1v) is 6.82. The molecule has 2 rings (SSSR count). The van der Waals surface area contributed by atoms with Crippen LogP contribution >= 0.6 is 12.4 Å². The highest BCUT2D eigenvalue weighted by Gasteiger charge is 2.19. The van der Waals surface area contributed by atoms with Crippen LogP contribution in [0.1, 0.15) is 11.1 Å². The topological polar surface area (TPSA) is 58.6 Å². The van der Waals surface area contributed by atoms with Crippen molar-refractivity contribution in [2.24, 2.45) is 0 Å². The van der Waals surface area contributed by atoms with Crippen molar-refractivity contribution < 1.29 is 14.6 Å². The molecule has 0 fully saturated rings. The summed E-state index contributed by atoms with van der Waals surface area (Å²) in [4.78, 5) is 11.9. The minimum absolute atomic E-state index is 0. The van der Waals surface area contributed by atoms with Crippen LogP contribution in [0.2, 0.25) is 0 Å². The fourth-order valence-corrected chi connectivity index (χ4v) is 2.09. The van der Waals surface area contributed by atoms with E-state index in [9.17, 15) is 9.90 Å². The van der Waals surface area contributed by atoms with Crippen molar-refractivity contribution in [1.82, 2.24) is 5.32 Å². The number of esters is 1. The molecule has 0 aliphatic heterocycles. The van der Waals surface area contributed by atoms with E-state index in [-0.39, 0.29) is 24.1 Å². The maximum atomic E-state index is 11.9. The van der Waals surface area contributed by atoms with Gasteiger partial charge in [0, 0.05) is 6.54 Å². The Labute approximate surface area is 136 Å². The van der Waals surface area contributed by atoms with Gasteiger partial charge in [0.1, 0.15) is 11.8 Å². The Morgan fingerprint density at radius 1 is 1.09 bits per heavy atom. The molecule has 118 valence electrons. The van der Waals surface area contributed by atoms with Crippen LogP contribution in [0, 0.1) is 0 Å².